The lowest BCUT2D eigenvalue weighted by atomic mass is 9.92. The molecular weight excluding hydrogens is 955 g/mol. The van der Waals surface area contributed by atoms with Gasteiger partial charge in [0.25, 0.3) is 0 Å². The molecule has 1 aliphatic rings. The molecule has 0 fully saturated rings. The molecule has 2 heterocycles. The van der Waals surface area contributed by atoms with Gasteiger partial charge in [-0.25, -0.2) is 0 Å². The van der Waals surface area contributed by atoms with Gasteiger partial charge in [0.15, 0.2) is 0 Å². The van der Waals surface area contributed by atoms with Crippen LogP contribution in [-0.2, 0) is 0 Å². The van der Waals surface area contributed by atoms with Crippen LogP contribution in [0.4, 0.5) is 0 Å². The molecule has 78 heavy (non-hydrogen) atoms. The lowest BCUT2D eigenvalue weighted by Crippen LogP contribution is -2.49. The SMILES string of the molecule is C[Si]1(C)c2cc(-c3cc4ccccc4c4ccccc34)ccc2-c2ccc(-n3c4ccc(-c5ccc(-c6ccc(-c7ccccc7)cc6)cc5)cc4c4cc(-c5ccc(-c6ccc(-c7ccccc7)cc6)cc5)ccc43)cc21. The monoisotopic (exact) mass is 1010 g/mol. The van der Waals surface area contributed by atoms with Gasteiger partial charge < -0.3 is 4.57 Å². The molecule has 366 valence electrons. The summed E-state index contributed by atoms with van der Waals surface area (Å²) in [5.74, 6) is 0. The summed E-state index contributed by atoms with van der Waals surface area (Å²) in [7, 11) is -2.16. The Bertz CT molecular complexity index is 4440. The molecule has 0 bridgehead atoms. The van der Waals surface area contributed by atoms with Crippen LogP contribution < -0.4 is 10.4 Å². The summed E-state index contributed by atoms with van der Waals surface area (Å²) >= 11 is 0. The topological polar surface area (TPSA) is 4.93 Å². The van der Waals surface area contributed by atoms with E-state index in [1.54, 1.807) is 0 Å². The fourth-order valence-electron chi connectivity index (χ4n) is 12.7. The molecule has 0 unspecified atom stereocenters. The van der Waals surface area contributed by atoms with Crippen LogP contribution in [0.2, 0.25) is 13.1 Å². The number of fused-ring (bicyclic) bond motifs is 9. The Hall–Kier alpha value is -9.60. The average Bonchev–Trinajstić information content (AvgIpc) is 4.20. The minimum atomic E-state index is -2.16. The van der Waals surface area contributed by atoms with Crippen LogP contribution >= 0.6 is 0 Å². The molecule has 0 atom stereocenters. The molecular formula is C76H53NSi. The Balaban J connectivity index is 0.812. The highest BCUT2D eigenvalue weighted by Crippen LogP contribution is 2.41. The van der Waals surface area contributed by atoms with Gasteiger partial charge in [0.05, 0.1) is 11.0 Å². The first kappa shape index (κ1) is 45.8. The number of nitrogens with zero attached hydrogens (tertiary/aromatic N) is 1. The van der Waals surface area contributed by atoms with Crippen molar-refractivity contribution >= 4 is 61.8 Å². The first-order chi connectivity index (χ1) is 38.4. The van der Waals surface area contributed by atoms with Gasteiger partial charge in [-0.2, -0.15) is 0 Å². The van der Waals surface area contributed by atoms with Crippen LogP contribution in [0.25, 0.3) is 138 Å². The van der Waals surface area contributed by atoms with Crippen molar-refractivity contribution in [2.75, 3.05) is 0 Å². The summed E-state index contributed by atoms with van der Waals surface area (Å²) < 4.78 is 2.52. The van der Waals surface area contributed by atoms with Crippen LogP contribution in [0.5, 0.6) is 0 Å². The van der Waals surface area contributed by atoms with E-state index in [2.05, 4.69) is 303 Å². The zero-order chi connectivity index (χ0) is 51.9. The predicted octanol–water partition coefficient (Wildman–Crippen LogP) is 19.6. The van der Waals surface area contributed by atoms with Crippen molar-refractivity contribution < 1.29 is 0 Å². The molecule has 0 amide bonds. The summed E-state index contributed by atoms with van der Waals surface area (Å²) in [5, 5.41) is 10.7. The van der Waals surface area contributed by atoms with Crippen LogP contribution in [0.3, 0.4) is 0 Å². The quantitative estimate of drug-likeness (QED) is 0.106. The molecule has 0 N–H and O–H groups in total. The van der Waals surface area contributed by atoms with E-state index in [9.17, 15) is 0 Å². The number of hydrogen-bond acceptors (Lipinski definition) is 0. The van der Waals surface area contributed by atoms with E-state index in [0.717, 1.165) is 0 Å². The van der Waals surface area contributed by atoms with Crippen molar-refractivity contribution in [1.29, 1.82) is 0 Å². The molecule has 0 saturated heterocycles. The summed E-state index contributed by atoms with van der Waals surface area (Å²) in [6.07, 6.45) is 0. The second-order valence-electron chi connectivity index (χ2n) is 21.6. The lowest BCUT2D eigenvalue weighted by Gasteiger charge is -2.21. The van der Waals surface area contributed by atoms with E-state index in [-0.39, 0.29) is 0 Å². The van der Waals surface area contributed by atoms with Crippen LogP contribution in [0.1, 0.15) is 0 Å². The Kier molecular flexibility index (Phi) is 10.7. The first-order valence-corrected chi connectivity index (χ1v) is 30.2. The van der Waals surface area contributed by atoms with Crippen molar-refractivity contribution in [1.82, 2.24) is 4.57 Å². The van der Waals surface area contributed by atoms with Gasteiger partial charge in [-0.1, -0.05) is 256 Å². The number of rotatable bonds is 8. The van der Waals surface area contributed by atoms with E-state index in [0.29, 0.717) is 0 Å². The maximum Gasteiger partial charge on any atom is 0.113 e. The molecule has 0 aliphatic carbocycles. The molecule has 1 aliphatic heterocycles. The van der Waals surface area contributed by atoms with Gasteiger partial charge in [-0.05, 0) is 163 Å². The Labute approximate surface area is 456 Å². The zero-order valence-electron chi connectivity index (χ0n) is 43.6. The standard InChI is InChI=1S/C76H53NSi/c1-78(2)75-48-63(70-47-62-17-9-10-18-65(62)66-19-11-12-20-67(66)70)37-41-68(75)69-42-40-64(49-76(69)78)77-73-43-38-60(58-33-29-56(30-34-58)54-25-21-52(22-26-54)50-13-5-3-6-14-50)45-71(73)72-46-61(39-44-74(72)77)59-35-31-57(32-36-59)55-27-23-53(24-28-55)51-15-7-4-8-16-51/h3-49H,1-2H3. The Morgan fingerprint density at radius 1 is 0.231 bits per heavy atom. The molecule has 0 radical (unpaired) electrons. The van der Waals surface area contributed by atoms with E-state index in [4.69, 9.17) is 0 Å². The maximum absolute atomic E-state index is 2.55. The minimum Gasteiger partial charge on any atom is -0.309 e. The van der Waals surface area contributed by atoms with Crippen molar-refractivity contribution in [3.63, 3.8) is 0 Å². The summed E-state index contributed by atoms with van der Waals surface area (Å²) in [6.45, 7) is 5.09. The largest absolute Gasteiger partial charge is 0.309 e. The van der Waals surface area contributed by atoms with E-state index >= 15 is 0 Å². The zero-order valence-corrected chi connectivity index (χ0v) is 44.6. The normalized spacial score (nSPS) is 12.6. The summed E-state index contributed by atoms with van der Waals surface area (Å²) in [4.78, 5) is 0. The van der Waals surface area contributed by atoms with E-state index in [1.807, 2.05) is 0 Å². The fourth-order valence-corrected chi connectivity index (χ4v) is 15.8. The van der Waals surface area contributed by atoms with Crippen LogP contribution in [-0.4, -0.2) is 12.6 Å². The highest BCUT2D eigenvalue weighted by atomic mass is 28.3. The summed E-state index contributed by atoms with van der Waals surface area (Å²) in [5.41, 5.74) is 23.5. The van der Waals surface area contributed by atoms with Crippen LogP contribution in [0.15, 0.2) is 285 Å². The van der Waals surface area contributed by atoms with Gasteiger partial charge >= 0.3 is 0 Å². The third-order valence-electron chi connectivity index (χ3n) is 16.8. The van der Waals surface area contributed by atoms with E-state index in [1.165, 1.54) is 148 Å². The Morgan fingerprint density at radius 2 is 0.590 bits per heavy atom. The molecule has 0 spiro atoms. The number of hydrogen-bond donors (Lipinski definition) is 0. The second-order valence-corrected chi connectivity index (χ2v) is 26.0. The van der Waals surface area contributed by atoms with Crippen molar-refractivity contribution in [2.45, 2.75) is 13.1 Å². The van der Waals surface area contributed by atoms with Crippen molar-refractivity contribution in [3.05, 3.63) is 285 Å². The smallest absolute Gasteiger partial charge is 0.113 e. The predicted molar refractivity (Wildman–Crippen MR) is 336 cm³/mol. The molecule has 1 aromatic heterocycles. The third-order valence-corrected chi connectivity index (χ3v) is 20.4. The maximum atomic E-state index is 2.55. The molecule has 14 aromatic rings. The third kappa shape index (κ3) is 7.67. The highest BCUT2D eigenvalue weighted by Gasteiger charge is 2.38. The molecule has 1 nitrogen and oxygen atoms in total. The number of benzene rings is 13. The van der Waals surface area contributed by atoms with Gasteiger partial charge in [0.2, 0.25) is 0 Å². The average molecular weight is 1010 g/mol. The Morgan fingerprint density at radius 3 is 1.08 bits per heavy atom. The van der Waals surface area contributed by atoms with Crippen molar-refractivity contribution in [2.24, 2.45) is 0 Å². The molecule has 2 heteroatoms. The van der Waals surface area contributed by atoms with Gasteiger partial charge in [-0.3, -0.25) is 0 Å². The van der Waals surface area contributed by atoms with Crippen LogP contribution in [0, 0.1) is 0 Å². The molecule has 13 aromatic carbocycles. The number of aromatic nitrogens is 1. The molecule has 0 saturated carbocycles. The van der Waals surface area contributed by atoms with Gasteiger partial charge in [0.1, 0.15) is 8.07 Å². The first-order valence-electron chi connectivity index (χ1n) is 27.2. The fraction of sp³-hybridized carbons (Fsp3) is 0.0263. The van der Waals surface area contributed by atoms with Crippen molar-refractivity contribution in [3.8, 4) is 94.7 Å². The molecule has 15 rings (SSSR count). The van der Waals surface area contributed by atoms with E-state index < -0.39 is 8.07 Å². The minimum absolute atomic E-state index is 1.20. The lowest BCUT2D eigenvalue weighted by molar-refractivity contribution is 1.18. The second kappa shape index (κ2) is 18.3. The summed E-state index contributed by atoms with van der Waals surface area (Å²) in [6, 6.07) is 106. The van der Waals surface area contributed by atoms with Gasteiger partial charge in [-0.15, -0.1) is 0 Å². The highest BCUT2D eigenvalue weighted by molar-refractivity contribution is 7.04. The van der Waals surface area contributed by atoms with Gasteiger partial charge in [0, 0.05) is 16.5 Å².